The molecule has 0 aromatic carbocycles. The lowest BCUT2D eigenvalue weighted by molar-refractivity contribution is 0.234. The summed E-state index contributed by atoms with van der Waals surface area (Å²) in [7, 11) is 0. The second kappa shape index (κ2) is 6.13. The number of hydrogen-bond donors (Lipinski definition) is 2. The maximum absolute atomic E-state index is 5.88. The van der Waals surface area contributed by atoms with E-state index in [-0.39, 0.29) is 6.10 Å². The normalized spacial score (nSPS) is 17.7. The highest BCUT2D eigenvalue weighted by Gasteiger charge is 2.21. The molecule has 4 nitrogen and oxygen atoms in total. The van der Waals surface area contributed by atoms with Crippen molar-refractivity contribution in [1.29, 1.82) is 0 Å². The third-order valence-corrected chi connectivity index (χ3v) is 3.72. The standard InChI is InChI=1S/C15H25N3O/c1-10(2)19-15-13(16)8-9-14(18-15)17-11(3)12-6-4-5-7-12/h8-12H,4-7,16H2,1-3H3,(H,17,18). The number of nitrogens with one attached hydrogen (secondary N) is 1. The molecule has 1 fully saturated rings. The van der Waals surface area contributed by atoms with E-state index >= 15 is 0 Å². The number of rotatable bonds is 5. The molecule has 1 atom stereocenters. The average molecular weight is 263 g/mol. The second-order valence-electron chi connectivity index (χ2n) is 5.74. The molecule has 1 aliphatic carbocycles. The Kier molecular flexibility index (Phi) is 4.51. The maximum atomic E-state index is 5.88. The third-order valence-electron chi connectivity index (χ3n) is 3.72. The topological polar surface area (TPSA) is 60.2 Å². The fourth-order valence-electron chi connectivity index (χ4n) is 2.66. The van der Waals surface area contributed by atoms with E-state index in [1.54, 1.807) is 0 Å². The number of nitrogens with two attached hydrogens (primary N) is 1. The lowest BCUT2D eigenvalue weighted by Crippen LogP contribution is -2.24. The Labute approximate surface area is 115 Å². The molecule has 1 aromatic heterocycles. The van der Waals surface area contributed by atoms with E-state index in [4.69, 9.17) is 10.5 Å². The SMILES string of the molecule is CC(C)Oc1nc(NC(C)C2CCCC2)ccc1N. The fourth-order valence-corrected chi connectivity index (χ4v) is 2.66. The van der Waals surface area contributed by atoms with E-state index < -0.39 is 0 Å². The van der Waals surface area contributed by atoms with Gasteiger partial charge < -0.3 is 15.8 Å². The Hall–Kier alpha value is -1.45. The largest absolute Gasteiger partial charge is 0.473 e. The molecule has 0 amide bonds. The van der Waals surface area contributed by atoms with Crippen molar-refractivity contribution in [3.63, 3.8) is 0 Å². The fraction of sp³-hybridized carbons (Fsp3) is 0.667. The van der Waals surface area contributed by atoms with E-state index in [1.807, 2.05) is 26.0 Å². The van der Waals surface area contributed by atoms with Crippen LogP contribution in [0.1, 0.15) is 46.5 Å². The van der Waals surface area contributed by atoms with Gasteiger partial charge in [0.05, 0.1) is 11.8 Å². The van der Waals surface area contributed by atoms with Crippen molar-refractivity contribution in [1.82, 2.24) is 4.98 Å². The van der Waals surface area contributed by atoms with Crippen LogP contribution in [0.3, 0.4) is 0 Å². The van der Waals surface area contributed by atoms with Gasteiger partial charge in [-0.25, -0.2) is 0 Å². The predicted octanol–water partition coefficient (Wildman–Crippen LogP) is 3.44. The maximum Gasteiger partial charge on any atom is 0.239 e. The van der Waals surface area contributed by atoms with Gasteiger partial charge in [-0.2, -0.15) is 4.98 Å². The summed E-state index contributed by atoms with van der Waals surface area (Å²) >= 11 is 0. The summed E-state index contributed by atoms with van der Waals surface area (Å²) in [5.41, 5.74) is 6.47. The number of anilines is 2. The van der Waals surface area contributed by atoms with Crippen LogP contribution >= 0.6 is 0 Å². The number of aromatic nitrogens is 1. The van der Waals surface area contributed by atoms with Crippen molar-refractivity contribution in [3.8, 4) is 5.88 Å². The molecule has 1 aromatic rings. The summed E-state index contributed by atoms with van der Waals surface area (Å²) in [5.74, 6) is 2.14. The molecule has 2 rings (SSSR count). The lowest BCUT2D eigenvalue weighted by Gasteiger charge is -2.21. The lowest BCUT2D eigenvalue weighted by atomic mass is 10.00. The van der Waals surface area contributed by atoms with E-state index in [1.165, 1.54) is 25.7 Å². The molecule has 4 heteroatoms. The van der Waals surface area contributed by atoms with Crippen molar-refractivity contribution in [3.05, 3.63) is 12.1 Å². The summed E-state index contributed by atoms with van der Waals surface area (Å²) < 4.78 is 5.62. The zero-order valence-corrected chi connectivity index (χ0v) is 12.1. The number of hydrogen-bond acceptors (Lipinski definition) is 4. The van der Waals surface area contributed by atoms with E-state index in [2.05, 4.69) is 17.2 Å². The zero-order chi connectivity index (χ0) is 13.8. The van der Waals surface area contributed by atoms with Gasteiger partial charge in [-0.1, -0.05) is 12.8 Å². The van der Waals surface area contributed by atoms with Crippen LogP contribution in [0.4, 0.5) is 11.5 Å². The van der Waals surface area contributed by atoms with E-state index in [0.717, 1.165) is 11.7 Å². The summed E-state index contributed by atoms with van der Waals surface area (Å²) in [4.78, 5) is 4.47. The third kappa shape index (κ3) is 3.75. The molecule has 0 saturated heterocycles. The number of nitrogen functional groups attached to an aromatic ring is 1. The first-order chi connectivity index (χ1) is 9.06. The number of ether oxygens (including phenoxy) is 1. The van der Waals surface area contributed by atoms with Crippen LogP contribution in [0, 0.1) is 5.92 Å². The van der Waals surface area contributed by atoms with Crippen LogP contribution in [0.25, 0.3) is 0 Å². The van der Waals surface area contributed by atoms with Gasteiger partial charge in [0.2, 0.25) is 5.88 Å². The van der Waals surface area contributed by atoms with Gasteiger partial charge in [0, 0.05) is 6.04 Å². The quantitative estimate of drug-likeness (QED) is 0.854. The van der Waals surface area contributed by atoms with Gasteiger partial charge in [0.25, 0.3) is 0 Å². The summed E-state index contributed by atoms with van der Waals surface area (Å²) in [6, 6.07) is 4.23. The van der Waals surface area contributed by atoms with Crippen molar-refractivity contribution >= 4 is 11.5 Å². The molecule has 1 aliphatic rings. The first kappa shape index (κ1) is 14.0. The highest BCUT2D eigenvalue weighted by atomic mass is 16.5. The van der Waals surface area contributed by atoms with Gasteiger partial charge in [0.1, 0.15) is 5.82 Å². The molecule has 1 unspecified atom stereocenters. The average Bonchev–Trinajstić information content (AvgIpc) is 2.86. The molecule has 19 heavy (non-hydrogen) atoms. The van der Waals surface area contributed by atoms with Crippen LogP contribution in [0.2, 0.25) is 0 Å². The van der Waals surface area contributed by atoms with Crippen molar-refractivity contribution in [2.24, 2.45) is 5.92 Å². The summed E-state index contributed by atoms with van der Waals surface area (Å²) in [5, 5.41) is 3.48. The molecular formula is C15H25N3O. The molecule has 1 saturated carbocycles. The van der Waals surface area contributed by atoms with Crippen LogP contribution in [-0.2, 0) is 0 Å². The van der Waals surface area contributed by atoms with E-state index in [9.17, 15) is 0 Å². The minimum atomic E-state index is 0.0808. The van der Waals surface area contributed by atoms with Crippen LogP contribution in [0.5, 0.6) is 5.88 Å². The van der Waals surface area contributed by atoms with Gasteiger partial charge in [-0.3, -0.25) is 0 Å². The smallest absolute Gasteiger partial charge is 0.239 e. The first-order valence-corrected chi connectivity index (χ1v) is 7.26. The molecule has 1 heterocycles. The highest BCUT2D eigenvalue weighted by molar-refractivity contribution is 5.53. The molecule has 0 spiro atoms. The van der Waals surface area contributed by atoms with Gasteiger partial charge in [-0.15, -0.1) is 0 Å². The Balaban J connectivity index is 2.03. The molecule has 106 valence electrons. The molecule has 0 aliphatic heterocycles. The Morgan fingerprint density at radius 1 is 1.26 bits per heavy atom. The van der Waals surface area contributed by atoms with Gasteiger partial charge in [0.15, 0.2) is 0 Å². The zero-order valence-electron chi connectivity index (χ0n) is 12.1. The van der Waals surface area contributed by atoms with Gasteiger partial charge >= 0.3 is 0 Å². The Morgan fingerprint density at radius 3 is 2.58 bits per heavy atom. The molecule has 0 radical (unpaired) electrons. The van der Waals surface area contributed by atoms with Crippen LogP contribution < -0.4 is 15.8 Å². The van der Waals surface area contributed by atoms with Gasteiger partial charge in [-0.05, 0) is 51.7 Å². The summed E-state index contributed by atoms with van der Waals surface area (Å²) in [6.07, 6.45) is 5.43. The van der Waals surface area contributed by atoms with E-state index in [0.29, 0.717) is 17.6 Å². The predicted molar refractivity (Wildman–Crippen MR) is 79.5 cm³/mol. The number of pyridine rings is 1. The first-order valence-electron chi connectivity index (χ1n) is 7.26. The molecule has 0 bridgehead atoms. The van der Waals surface area contributed by atoms with Crippen molar-refractivity contribution in [2.45, 2.75) is 58.6 Å². The van der Waals surface area contributed by atoms with Crippen molar-refractivity contribution in [2.75, 3.05) is 11.1 Å². The molecular weight excluding hydrogens is 238 g/mol. The Morgan fingerprint density at radius 2 is 1.95 bits per heavy atom. The van der Waals surface area contributed by atoms with Crippen LogP contribution in [0.15, 0.2) is 12.1 Å². The Bertz CT molecular complexity index is 414. The second-order valence-corrected chi connectivity index (χ2v) is 5.74. The monoisotopic (exact) mass is 263 g/mol. The van der Waals surface area contributed by atoms with Crippen LogP contribution in [-0.4, -0.2) is 17.1 Å². The summed E-state index contributed by atoms with van der Waals surface area (Å²) in [6.45, 7) is 6.18. The van der Waals surface area contributed by atoms with Crippen molar-refractivity contribution < 1.29 is 4.74 Å². The minimum Gasteiger partial charge on any atom is -0.473 e. The number of nitrogens with zero attached hydrogens (tertiary/aromatic N) is 1. The highest BCUT2D eigenvalue weighted by Crippen LogP contribution is 2.30. The minimum absolute atomic E-state index is 0.0808. The molecule has 3 N–H and O–H groups in total.